The van der Waals surface area contributed by atoms with Crippen molar-refractivity contribution in [1.29, 1.82) is 0 Å². The van der Waals surface area contributed by atoms with Crippen molar-refractivity contribution >= 4 is 11.3 Å². The molecule has 0 amide bonds. The number of aromatic nitrogens is 3. The molecule has 1 unspecified atom stereocenters. The van der Waals surface area contributed by atoms with Gasteiger partial charge in [-0.1, -0.05) is 6.92 Å². The van der Waals surface area contributed by atoms with Gasteiger partial charge < -0.3 is 5.32 Å². The predicted octanol–water partition coefficient (Wildman–Crippen LogP) is 2.65. The molecule has 0 fully saturated rings. The van der Waals surface area contributed by atoms with E-state index < -0.39 is 11.2 Å². The van der Waals surface area contributed by atoms with E-state index in [1.807, 2.05) is 6.92 Å². The molecule has 1 N–H and O–H groups in total. The summed E-state index contributed by atoms with van der Waals surface area (Å²) < 4.78 is 37.7. The number of halogens is 3. The Kier molecular flexibility index (Phi) is 4.11. The van der Waals surface area contributed by atoms with Crippen LogP contribution in [0.3, 0.4) is 0 Å². The van der Waals surface area contributed by atoms with Gasteiger partial charge in [0.25, 0.3) is 0 Å². The topological polar surface area (TPSA) is 50.7 Å². The van der Waals surface area contributed by atoms with Crippen LogP contribution in [0.4, 0.5) is 13.2 Å². The van der Waals surface area contributed by atoms with Gasteiger partial charge in [0.1, 0.15) is 6.33 Å². The number of nitrogens with zero attached hydrogens (tertiary/aromatic N) is 3. The Balaban J connectivity index is 2.32. The largest absolute Gasteiger partial charge is 0.443 e. The lowest BCUT2D eigenvalue weighted by Gasteiger charge is -2.15. The predicted molar refractivity (Wildman–Crippen MR) is 64.7 cm³/mol. The van der Waals surface area contributed by atoms with E-state index in [2.05, 4.69) is 20.3 Å². The number of thiazole rings is 1. The van der Waals surface area contributed by atoms with Gasteiger partial charge in [0.2, 0.25) is 0 Å². The van der Waals surface area contributed by atoms with Gasteiger partial charge in [-0.05, 0) is 6.54 Å². The van der Waals surface area contributed by atoms with Crippen LogP contribution in [0.5, 0.6) is 0 Å². The summed E-state index contributed by atoms with van der Waals surface area (Å²) in [6.07, 6.45) is 1.36. The zero-order valence-corrected chi connectivity index (χ0v) is 10.8. The fourth-order valence-electron chi connectivity index (χ4n) is 1.60. The van der Waals surface area contributed by atoms with Crippen LogP contribution in [-0.4, -0.2) is 21.5 Å². The summed E-state index contributed by atoms with van der Waals surface area (Å²) in [5, 5.41) is 2.26. The lowest BCUT2D eigenvalue weighted by molar-refractivity contribution is -0.137. The molecule has 2 rings (SSSR count). The Bertz CT molecular complexity index is 526. The maximum Gasteiger partial charge on any atom is 0.443 e. The lowest BCUT2D eigenvalue weighted by atomic mass is 10.1. The molecule has 0 spiro atoms. The molecule has 19 heavy (non-hydrogen) atoms. The van der Waals surface area contributed by atoms with Crippen molar-refractivity contribution in [2.24, 2.45) is 0 Å². The summed E-state index contributed by atoms with van der Waals surface area (Å²) >= 11 is 0.629. The van der Waals surface area contributed by atoms with Crippen molar-refractivity contribution in [3.8, 4) is 0 Å². The molecule has 0 aliphatic carbocycles. The molecule has 2 heterocycles. The third-order valence-electron chi connectivity index (χ3n) is 2.37. The third kappa shape index (κ3) is 3.27. The summed E-state index contributed by atoms with van der Waals surface area (Å²) in [5.41, 5.74) is 0.710. The van der Waals surface area contributed by atoms with Gasteiger partial charge in [-0.2, -0.15) is 13.2 Å². The van der Waals surface area contributed by atoms with Crippen LogP contribution in [0.1, 0.15) is 28.4 Å². The van der Waals surface area contributed by atoms with Gasteiger partial charge in [0.05, 0.1) is 6.04 Å². The van der Waals surface area contributed by atoms with Gasteiger partial charge in [-0.15, -0.1) is 11.3 Å². The van der Waals surface area contributed by atoms with Crippen molar-refractivity contribution in [1.82, 2.24) is 20.3 Å². The van der Waals surface area contributed by atoms with Crippen molar-refractivity contribution in [2.45, 2.75) is 19.1 Å². The first-order chi connectivity index (χ1) is 9.02. The van der Waals surface area contributed by atoms with E-state index in [1.54, 1.807) is 12.4 Å². The first kappa shape index (κ1) is 13.9. The van der Waals surface area contributed by atoms with Crippen LogP contribution in [0.25, 0.3) is 0 Å². The number of alkyl halides is 3. The normalized spacial score (nSPS) is 13.5. The van der Waals surface area contributed by atoms with Gasteiger partial charge in [0, 0.05) is 29.0 Å². The highest BCUT2D eigenvalue weighted by molar-refractivity contribution is 7.11. The van der Waals surface area contributed by atoms with E-state index in [4.69, 9.17) is 0 Å². The zero-order chi connectivity index (χ0) is 13.9. The number of hydrogen-bond donors (Lipinski definition) is 1. The van der Waals surface area contributed by atoms with E-state index in [9.17, 15) is 13.2 Å². The van der Waals surface area contributed by atoms with Gasteiger partial charge in [0.15, 0.2) is 5.01 Å². The van der Waals surface area contributed by atoms with Crippen LogP contribution >= 0.6 is 11.3 Å². The quantitative estimate of drug-likeness (QED) is 0.939. The molecule has 2 aromatic rings. The van der Waals surface area contributed by atoms with Crippen LogP contribution in [0, 0.1) is 0 Å². The highest BCUT2D eigenvalue weighted by Gasteiger charge is 2.35. The SMILES string of the molecule is CCNC(c1cncnc1)c1cnc(C(F)(F)F)s1. The maximum absolute atomic E-state index is 12.6. The highest BCUT2D eigenvalue weighted by atomic mass is 32.1. The summed E-state index contributed by atoms with van der Waals surface area (Å²) in [7, 11) is 0. The van der Waals surface area contributed by atoms with Crippen LogP contribution < -0.4 is 5.32 Å². The van der Waals surface area contributed by atoms with Crippen LogP contribution in [0.2, 0.25) is 0 Å². The average molecular weight is 288 g/mol. The first-order valence-corrected chi connectivity index (χ1v) is 6.35. The Morgan fingerprint density at radius 1 is 1.26 bits per heavy atom. The van der Waals surface area contributed by atoms with Crippen molar-refractivity contribution in [3.05, 3.63) is 40.4 Å². The van der Waals surface area contributed by atoms with E-state index in [1.165, 1.54) is 12.5 Å². The summed E-state index contributed by atoms with van der Waals surface area (Å²) in [5.74, 6) is 0. The van der Waals surface area contributed by atoms with E-state index >= 15 is 0 Å². The minimum atomic E-state index is -4.41. The molecule has 0 saturated carbocycles. The second-order valence-corrected chi connectivity index (χ2v) is 4.79. The number of nitrogens with one attached hydrogen (secondary N) is 1. The summed E-state index contributed by atoms with van der Waals surface area (Å²) in [6.45, 7) is 2.49. The Morgan fingerprint density at radius 3 is 2.47 bits per heavy atom. The molecule has 102 valence electrons. The number of rotatable bonds is 4. The van der Waals surface area contributed by atoms with Crippen molar-refractivity contribution < 1.29 is 13.2 Å². The molecule has 1 atom stereocenters. The molecule has 0 bridgehead atoms. The summed E-state index contributed by atoms with van der Waals surface area (Å²) in [4.78, 5) is 11.7. The Morgan fingerprint density at radius 2 is 1.95 bits per heavy atom. The Labute approximate surface area is 111 Å². The van der Waals surface area contributed by atoms with Gasteiger partial charge in [-0.25, -0.2) is 15.0 Å². The minimum absolute atomic E-state index is 0.375. The van der Waals surface area contributed by atoms with Crippen LogP contribution in [-0.2, 0) is 6.18 Å². The molecular weight excluding hydrogens is 277 g/mol. The van der Waals surface area contributed by atoms with E-state index in [0.29, 0.717) is 28.3 Å². The van der Waals surface area contributed by atoms with Crippen LogP contribution in [0.15, 0.2) is 24.9 Å². The van der Waals surface area contributed by atoms with Gasteiger partial charge in [-0.3, -0.25) is 0 Å². The second-order valence-electron chi connectivity index (χ2n) is 3.73. The number of hydrogen-bond acceptors (Lipinski definition) is 5. The zero-order valence-electron chi connectivity index (χ0n) is 9.98. The molecule has 0 aliphatic heterocycles. The molecule has 0 aliphatic rings. The van der Waals surface area contributed by atoms with E-state index in [-0.39, 0.29) is 6.04 Å². The van der Waals surface area contributed by atoms with Gasteiger partial charge >= 0.3 is 6.18 Å². The first-order valence-electron chi connectivity index (χ1n) is 5.53. The lowest BCUT2D eigenvalue weighted by Crippen LogP contribution is -2.21. The van der Waals surface area contributed by atoms with Crippen molar-refractivity contribution in [2.75, 3.05) is 6.54 Å². The fourth-order valence-corrected chi connectivity index (χ4v) is 2.48. The minimum Gasteiger partial charge on any atom is -0.306 e. The smallest absolute Gasteiger partial charge is 0.306 e. The molecule has 2 aromatic heterocycles. The molecule has 0 aromatic carbocycles. The average Bonchev–Trinajstić information content (AvgIpc) is 2.86. The maximum atomic E-state index is 12.6. The second kappa shape index (κ2) is 5.62. The monoisotopic (exact) mass is 288 g/mol. The Hall–Kier alpha value is -1.54. The molecule has 0 saturated heterocycles. The fraction of sp³-hybridized carbons (Fsp3) is 0.364. The van der Waals surface area contributed by atoms with E-state index in [0.717, 1.165) is 0 Å². The molecule has 4 nitrogen and oxygen atoms in total. The molecular formula is C11H11F3N4S. The third-order valence-corrected chi connectivity index (χ3v) is 3.48. The standard InChI is InChI=1S/C11H11F3N4S/c1-2-17-9(7-3-15-6-16-4-7)8-5-18-10(19-8)11(12,13)14/h3-6,9,17H,2H2,1H3. The summed E-state index contributed by atoms with van der Waals surface area (Å²) in [6, 6.07) is -0.375. The molecule has 0 radical (unpaired) electrons. The highest BCUT2D eigenvalue weighted by Crippen LogP contribution is 2.35. The van der Waals surface area contributed by atoms with Crippen molar-refractivity contribution in [3.63, 3.8) is 0 Å². The molecule has 8 heteroatoms.